The molecule has 0 bridgehead atoms. The minimum absolute atomic E-state index is 0.135. The SMILES string of the molecule is O=C(C=Cc1cnc(NC2CCN(C(=O)Nc3ccc(Cl)cc3)CC2)c(Cl)c1)NO. The van der Waals surface area contributed by atoms with E-state index < -0.39 is 5.91 Å². The monoisotopic (exact) mass is 449 g/mol. The summed E-state index contributed by atoms with van der Waals surface area (Å²) in [6.07, 6.45) is 5.75. The molecule has 1 aromatic heterocycles. The Balaban J connectivity index is 1.50. The van der Waals surface area contributed by atoms with Gasteiger partial charge in [0.15, 0.2) is 0 Å². The number of nitrogens with one attached hydrogen (secondary N) is 3. The van der Waals surface area contributed by atoms with Crippen LogP contribution in [-0.4, -0.2) is 46.2 Å². The quantitative estimate of drug-likeness (QED) is 0.313. The molecule has 3 amide bonds. The van der Waals surface area contributed by atoms with Gasteiger partial charge >= 0.3 is 6.03 Å². The highest BCUT2D eigenvalue weighted by Crippen LogP contribution is 2.24. The first-order valence-corrected chi connectivity index (χ1v) is 10.1. The molecule has 2 heterocycles. The van der Waals surface area contributed by atoms with Gasteiger partial charge in [0.2, 0.25) is 0 Å². The van der Waals surface area contributed by atoms with Crippen LogP contribution in [0, 0.1) is 0 Å². The smallest absolute Gasteiger partial charge is 0.321 e. The lowest BCUT2D eigenvalue weighted by Crippen LogP contribution is -2.44. The van der Waals surface area contributed by atoms with Crippen LogP contribution in [0.25, 0.3) is 6.08 Å². The standard InChI is InChI=1S/C20H21Cl2N5O3/c21-14-2-4-15(5-3-14)25-20(29)27-9-7-16(8-10-27)24-19-17(22)11-13(12-23-19)1-6-18(28)26-30/h1-6,11-12,16,30H,7-10H2,(H,23,24)(H,25,29)(H,26,28). The molecule has 0 saturated carbocycles. The van der Waals surface area contributed by atoms with Crippen molar-refractivity contribution < 1.29 is 14.8 Å². The summed E-state index contributed by atoms with van der Waals surface area (Å²) in [6.45, 7) is 1.21. The Bertz CT molecular complexity index is 929. The van der Waals surface area contributed by atoms with Crippen molar-refractivity contribution in [1.29, 1.82) is 0 Å². The van der Waals surface area contributed by atoms with Gasteiger partial charge in [-0.15, -0.1) is 0 Å². The number of pyridine rings is 1. The van der Waals surface area contributed by atoms with E-state index in [0.29, 0.717) is 40.2 Å². The first-order valence-electron chi connectivity index (χ1n) is 9.30. The maximum atomic E-state index is 12.4. The van der Waals surface area contributed by atoms with Crippen LogP contribution in [-0.2, 0) is 4.79 Å². The van der Waals surface area contributed by atoms with Crippen molar-refractivity contribution >= 4 is 52.7 Å². The van der Waals surface area contributed by atoms with Crippen LogP contribution in [0.4, 0.5) is 16.3 Å². The highest BCUT2D eigenvalue weighted by Gasteiger charge is 2.23. The predicted octanol–water partition coefficient (Wildman–Crippen LogP) is 4.02. The Kier molecular flexibility index (Phi) is 7.51. The largest absolute Gasteiger partial charge is 0.366 e. The topological polar surface area (TPSA) is 107 Å². The molecule has 0 spiro atoms. The molecule has 0 aliphatic carbocycles. The molecule has 1 saturated heterocycles. The highest BCUT2D eigenvalue weighted by atomic mass is 35.5. The molecular weight excluding hydrogens is 429 g/mol. The van der Waals surface area contributed by atoms with Gasteiger partial charge in [-0.3, -0.25) is 10.0 Å². The number of benzene rings is 1. The van der Waals surface area contributed by atoms with E-state index in [1.54, 1.807) is 41.4 Å². The van der Waals surface area contributed by atoms with Crippen LogP contribution < -0.4 is 16.1 Å². The lowest BCUT2D eigenvalue weighted by Gasteiger charge is -2.32. The fraction of sp³-hybridized carbons (Fsp3) is 0.250. The molecule has 0 radical (unpaired) electrons. The Hall–Kier alpha value is -2.81. The van der Waals surface area contributed by atoms with E-state index in [2.05, 4.69) is 15.6 Å². The molecule has 8 nitrogen and oxygen atoms in total. The van der Waals surface area contributed by atoms with E-state index in [9.17, 15) is 9.59 Å². The lowest BCUT2D eigenvalue weighted by atomic mass is 10.1. The van der Waals surface area contributed by atoms with Crippen molar-refractivity contribution in [2.24, 2.45) is 0 Å². The average Bonchev–Trinajstić information content (AvgIpc) is 2.75. The molecule has 1 aliphatic heterocycles. The number of halogens is 2. The maximum Gasteiger partial charge on any atom is 0.321 e. The van der Waals surface area contributed by atoms with Crippen LogP contribution in [0.5, 0.6) is 0 Å². The van der Waals surface area contributed by atoms with Crippen LogP contribution in [0.3, 0.4) is 0 Å². The summed E-state index contributed by atoms with van der Waals surface area (Å²) in [6, 6.07) is 8.64. The van der Waals surface area contributed by atoms with Crippen molar-refractivity contribution in [3.05, 3.63) is 58.2 Å². The number of anilines is 2. The minimum Gasteiger partial charge on any atom is -0.366 e. The third kappa shape index (κ3) is 6.09. The molecule has 4 N–H and O–H groups in total. The van der Waals surface area contributed by atoms with Gasteiger partial charge in [-0.25, -0.2) is 15.3 Å². The second kappa shape index (κ2) is 10.3. The van der Waals surface area contributed by atoms with Gasteiger partial charge < -0.3 is 15.5 Å². The minimum atomic E-state index is -0.639. The van der Waals surface area contributed by atoms with Crippen molar-refractivity contribution in [3.8, 4) is 0 Å². The number of piperidine rings is 1. The number of carbonyl (C=O) groups excluding carboxylic acids is 2. The van der Waals surface area contributed by atoms with Gasteiger partial charge in [0.25, 0.3) is 5.91 Å². The summed E-state index contributed by atoms with van der Waals surface area (Å²) in [5, 5.41) is 15.7. The summed E-state index contributed by atoms with van der Waals surface area (Å²) in [7, 11) is 0. The summed E-state index contributed by atoms with van der Waals surface area (Å²) in [5.41, 5.74) is 2.84. The van der Waals surface area contributed by atoms with Crippen molar-refractivity contribution in [3.63, 3.8) is 0 Å². The zero-order valence-electron chi connectivity index (χ0n) is 15.9. The van der Waals surface area contributed by atoms with E-state index in [-0.39, 0.29) is 12.1 Å². The van der Waals surface area contributed by atoms with E-state index in [4.69, 9.17) is 28.4 Å². The normalized spacial score (nSPS) is 14.6. The number of hydrogen-bond acceptors (Lipinski definition) is 5. The van der Waals surface area contributed by atoms with Crippen LogP contribution in [0.15, 0.2) is 42.6 Å². The van der Waals surface area contributed by atoms with Gasteiger partial charge in [-0.2, -0.15) is 0 Å². The van der Waals surface area contributed by atoms with Gasteiger partial charge in [-0.05, 0) is 54.8 Å². The molecule has 1 fully saturated rings. The first-order chi connectivity index (χ1) is 14.4. The summed E-state index contributed by atoms with van der Waals surface area (Å²) >= 11 is 12.1. The van der Waals surface area contributed by atoms with E-state index in [1.807, 2.05) is 0 Å². The van der Waals surface area contributed by atoms with Crippen LogP contribution in [0.2, 0.25) is 10.0 Å². The Labute approximate surface area is 183 Å². The lowest BCUT2D eigenvalue weighted by molar-refractivity contribution is -0.124. The van der Waals surface area contributed by atoms with Gasteiger partial charge in [-0.1, -0.05) is 23.2 Å². The van der Waals surface area contributed by atoms with Gasteiger partial charge in [0, 0.05) is 42.1 Å². The third-order valence-corrected chi connectivity index (χ3v) is 5.16. The van der Waals surface area contributed by atoms with Crippen molar-refractivity contribution in [2.45, 2.75) is 18.9 Å². The molecule has 158 valence electrons. The van der Waals surface area contributed by atoms with E-state index in [0.717, 1.165) is 12.8 Å². The number of urea groups is 1. The summed E-state index contributed by atoms with van der Waals surface area (Å²) in [4.78, 5) is 29.5. The Morgan fingerprint density at radius 2 is 1.87 bits per heavy atom. The molecule has 10 heteroatoms. The Morgan fingerprint density at radius 3 is 2.50 bits per heavy atom. The van der Waals surface area contributed by atoms with E-state index >= 15 is 0 Å². The fourth-order valence-corrected chi connectivity index (χ4v) is 3.37. The van der Waals surface area contributed by atoms with Crippen LogP contribution >= 0.6 is 23.2 Å². The zero-order valence-corrected chi connectivity index (χ0v) is 17.5. The third-order valence-electron chi connectivity index (χ3n) is 4.62. The number of hydrogen-bond donors (Lipinski definition) is 4. The van der Waals surface area contributed by atoms with Crippen molar-refractivity contribution in [1.82, 2.24) is 15.4 Å². The average molecular weight is 450 g/mol. The molecule has 1 aliphatic rings. The maximum absolute atomic E-state index is 12.4. The van der Waals surface area contributed by atoms with Crippen molar-refractivity contribution in [2.75, 3.05) is 23.7 Å². The summed E-state index contributed by atoms with van der Waals surface area (Å²) < 4.78 is 0. The molecule has 3 rings (SSSR count). The fourth-order valence-electron chi connectivity index (χ4n) is 3.02. The second-order valence-corrected chi connectivity index (χ2v) is 7.59. The number of hydroxylamine groups is 1. The molecule has 0 atom stereocenters. The number of carbonyl (C=O) groups is 2. The summed E-state index contributed by atoms with van der Waals surface area (Å²) in [5.74, 6) is -0.0929. The van der Waals surface area contributed by atoms with E-state index in [1.165, 1.54) is 17.6 Å². The number of amides is 3. The molecule has 2 aromatic rings. The molecule has 0 unspecified atom stereocenters. The van der Waals surface area contributed by atoms with Crippen LogP contribution in [0.1, 0.15) is 18.4 Å². The molecule has 1 aromatic carbocycles. The Morgan fingerprint density at radius 1 is 1.17 bits per heavy atom. The van der Waals surface area contributed by atoms with Gasteiger partial charge in [0.1, 0.15) is 5.82 Å². The predicted molar refractivity (Wildman–Crippen MR) is 117 cm³/mol. The number of aromatic nitrogens is 1. The molecular formula is C20H21Cl2N5O3. The number of likely N-dealkylation sites (tertiary alicyclic amines) is 1. The highest BCUT2D eigenvalue weighted by molar-refractivity contribution is 6.33. The van der Waals surface area contributed by atoms with Gasteiger partial charge in [0.05, 0.1) is 5.02 Å². The molecule has 30 heavy (non-hydrogen) atoms. The number of rotatable bonds is 5. The zero-order chi connectivity index (χ0) is 21.5. The second-order valence-electron chi connectivity index (χ2n) is 6.75. The number of nitrogens with zero attached hydrogens (tertiary/aromatic N) is 2. The first kappa shape index (κ1) is 21.9.